The molecule has 0 aliphatic carbocycles. The molecule has 0 N–H and O–H groups in total. The summed E-state index contributed by atoms with van der Waals surface area (Å²) in [6, 6.07) is 5.51. The molecule has 1 nitrogen and oxygen atoms in total. The highest BCUT2D eigenvalue weighted by Crippen LogP contribution is 2.24. The van der Waals surface area contributed by atoms with Crippen LogP contribution in [0.4, 0.5) is 0 Å². The van der Waals surface area contributed by atoms with Gasteiger partial charge >= 0.3 is 0 Å². The van der Waals surface area contributed by atoms with E-state index < -0.39 is 0 Å². The molecule has 16 heavy (non-hydrogen) atoms. The highest BCUT2D eigenvalue weighted by molar-refractivity contribution is 6.33. The normalized spacial score (nSPS) is 12.2. The van der Waals surface area contributed by atoms with Crippen LogP contribution in [0.2, 0.25) is 10.0 Å². The summed E-state index contributed by atoms with van der Waals surface area (Å²) >= 11 is 18.0. The second-order valence-electron chi connectivity index (χ2n) is 4.54. The quantitative estimate of drug-likeness (QED) is 0.737. The van der Waals surface area contributed by atoms with Crippen LogP contribution in [0.1, 0.15) is 19.4 Å². The molecule has 0 heterocycles. The molecule has 0 aliphatic rings. The van der Waals surface area contributed by atoms with E-state index >= 15 is 0 Å². The zero-order valence-electron chi connectivity index (χ0n) is 9.73. The molecule has 0 atom stereocenters. The lowest BCUT2D eigenvalue weighted by atomic mass is 10.1. The van der Waals surface area contributed by atoms with E-state index in [2.05, 4.69) is 18.7 Å². The standard InChI is InChI=1S/C12H16Cl3N/c1-12(2,8-13)16(3)7-9-6-10(14)4-5-11(9)15/h4-6H,7-8H2,1-3H3. The number of halogens is 3. The molecular weight excluding hydrogens is 264 g/mol. The first kappa shape index (κ1) is 14.1. The van der Waals surface area contributed by atoms with Crippen LogP contribution in [0.3, 0.4) is 0 Å². The molecule has 1 aromatic carbocycles. The van der Waals surface area contributed by atoms with E-state index in [-0.39, 0.29) is 5.54 Å². The van der Waals surface area contributed by atoms with Gasteiger partial charge in [-0.3, -0.25) is 4.90 Å². The van der Waals surface area contributed by atoms with Gasteiger partial charge in [-0.2, -0.15) is 0 Å². The summed E-state index contributed by atoms with van der Waals surface area (Å²) in [7, 11) is 2.03. The predicted molar refractivity (Wildman–Crippen MR) is 72.7 cm³/mol. The molecule has 90 valence electrons. The van der Waals surface area contributed by atoms with Gasteiger partial charge in [0, 0.05) is 28.0 Å². The topological polar surface area (TPSA) is 3.24 Å². The smallest absolute Gasteiger partial charge is 0.0452 e. The van der Waals surface area contributed by atoms with E-state index in [0.29, 0.717) is 10.9 Å². The fourth-order valence-electron chi connectivity index (χ4n) is 1.24. The Morgan fingerprint density at radius 3 is 2.44 bits per heavy atom. The molecule has 4 heteroatoms. The molecule has 0 radical (unpaired) electrons. The van der Waals surface area contributed by atoms with Gasteiger partial charge in [0.05, 0.1) is 0 Å². The molecule has 0 aliphatic heterocycles. The molecule has 0 spiro atoms. The molecule has 0 aromatic heterocycles. The Balaban J connectivity index is 2.84. The van der Waals surface area contributed by atoms with Crippen molar-refractivity contribution in [3.8, 4) is 0 Å². The van der Waals surface area contributed by atoms with Crippen LogP contribution >= 0.6 is 34.8 Å². The number of benzene rings is 1. The fraction of sp³-hybridized carbons (Fsp3) is 0.500. The van der Waals surface area contributed by atoms with E-state index in [9.17, 15) is 0 Å². The van der Waals surface area contributed by atoms with Crippen LogP contribution in [-0.2, 0) is 6.54 Å². The van der Waals surface area contributed by atoms with Crippen LogP contribution in [0.25, 0.3) is 0 Å². The predicted octanol–water partition coefficient (Wildman–Crippen LogP) is 4.44. The lowest BCUT2D eigenvalue weighted by Gasteiger charge is -2.34. The summed E-state index contributed by atoms with van der Waals surface area (Å²) in [6.07, 6.45) is 0. The van der Waals surface area contributed by atoms with Gasteiger partial charge in [0.1, 0.15) is 0 Å². The van der Waals surface area contributed by atoms with E-state index in [4.69, 9.17) is 34.8 Å². The zero-order valence-corrected chi connectivity index (χ0v) is 12.0. The molecule has 0 saturated carbocycles. The number of nitrogens with zero attached hydrogens (tertiary/aromatic N) is 1. The van der Waals surface area contributed by atoms with Crippen molar-refractivity contribution in [1.29, 1.82) is 0 Å². The largest absolute Gasteiger partial charge is 0.296 e. The van der Waals surface area contributed by atoms with Gasteiger partial charge in [0.2, 0.25) is 0 Å². The summed E-state index contributed by atoms with van der Waals surface area (Å²) in [6.45, 7) is 4.93. The Kier molecular flexibility index (Phi) is 4.93. The van der Waals surface area contributed by atoms with Gasteiger partial charge in [0.25, 0.3) is 0 Å². The third kappa shape index (κ3) is 3.53. The zero-order chi connectivity index (χ0) is 12.3. The van der Waals surface area contributed by atoms with Gasteiger partial charge in [-0.15, -0.1) is 11.6 Å². The number of alkyl halides is 1. The molecule has 0 saturated heterocycles. The van der Waals surface area contributed by atoms with E-state index in [0.717, 1.165) is 17.1 Å². The SMILES string of the molecule is CN(Cc1cc(Cl)ccc1Cl)C(C)(C)CCl. The van der Waals surface area contributed by atoms with Gasteiger partial charge in [-0.25, -0.2) is 0 Å². The van der Waals surface area contributed by atoms with E-state index in [1.54, 1.807) is 6.07 Å². The molecule has 1 rings (SSSR count). The van der Waals surface area contributed by atoms with Crippen molar-refractivity contribution in [3.05, 3.63) is 33.8 Å². The summed E-state index contributed by atoms with van der Waals surface area (Å²) in [5, 5.41) is 1.44. The third-order valence-electron chi connectivity index (χ3n) is 2.78. The average Bonchev–Trinajstić information content (AvgIpc) is 2.23. The minimum atomic E-state index is -0.0623. The molecular formula is C12H16Cl3N. The Hall–Kier alpha value is 0.0500. The summed E-state index contributed by atoms with van der Waals surface area (Å²) in [5.74, 6) is 0.571. The Morgan fingerprint density at radius 2 is 1.88 bits per heavy atom. The van der Waals surface area contributed by atoms with Crippen LogP contribution in [0.5, 0.6) is 0 Å². The molecule has 0 amide bonds. The maximum absolute atomic E-state index is 6.12. The minimum Gasteiger partial charge on any atom is -0.296 e. The van der Waals surface area contributed by atoms with Crippen molar-refractivity contribution in [2.45, 2.75) is 25.9 Å². The van der Waals surface area contributed by atoms with E-state index in [1.807, 2.05) is 19.2 Å². The Morgan fingerprint density at radius 1 is 1.25 bits per heavy atom. The van der Waals surface area contributed by atoms with Crippen LogP contribution in [0, 0.1) is 0 Å². The first-order valence-electron chi connectivity index (χ1n) is 5.08. The molecule has 0 fully saturated rings. The molecule has 1 aromatic rings. The van der Waals surface area contributed by atoms with Crippen LogP contribution < -0.4 is 0 Å². The second kappa shape index (κ2) is 5.59. The summed E-state index contributed by atoms with van der Waals surface area (Å²) in [5.41, 5.74) is 0.961. The van der Waals surface area contributed by atoms with Gasteiger partial charge in [-0.05, 0) is 44.7 Å². The number of hydrogen-bond acceptors (Lipinski definition) is 1. The summed E-state index contributed by atoms with van der Waals surface area (Å²) in [4.78, 5) is 2.16. The lowest BCUT2D eigenvalue weighted by Crippen LogP contribution is -2.42. The van der Waals surface area contributed by atoms with Gasteiger partial charge in [-0.1, -0.05) is 23.2 Å². The first-order valence-corrected chi connectivity index (χ1v) is 6.37. The molecule has 0 unspecified atom stereocenters. The monoisotopic (exact) mass is 279 g/mol. The number of hydrogen-bond donors (Lipinski definition) is 0. The van der Waals surface area contributed by atoms with Crippen molar-refractivity contribution < 1.29 is 0 Å². The van der Waals surface area contributed by atoms with Crippen molar-refractivity contribution in [3.63, 3.8) is 0 Å². The van der Waals surface area contributed by atoms with Crippen molar-refractivity contribution >= 4 is 34.8 Å². The fourth-order valence-corrected chi connectivity index (χ4v) is 1.81. The van der Waals surface area contributed by atoms with Crippen molar-refractivity contribution in [2.75, 3.05) is 12.9 Å². The van der Waals surface area contributed by atoms with Crippen LogP contribution in [-0.4, -0.2) is 23.4 Å². The minimum absolute atomic E-state index is 0.0623. The summed E-state index contributed by atoms with van der Waals surface area (Å²) < 4.78 is 0. The number of rotatable bonds is 4. The Labute approximate surface area is 112 Å². The average molecular weight is 281 g/mol. The van der Waals surface area contributed by atoms with E-state index in [1.165, 1.54) is 0 Å². The maximum Gasteiger partial charge on any atom is 0.0452 e. The highest BCUT2D eigenvalue weighted by Gasteiger charge is 2.22. The maximum atomic E-state index is 6.12. The van der Waals surface area contributed by atoms with Gasteiger partial charge < -0.3 is 0 Å². The first-order chi connectivity index (χ1) is 7.36. The van der Waals surface area contributed by atoms with Crippen molar-refractivity contribution in [1.82, 2.24) is 4.90 Å². The Bertz CT molecular complexity index is 363. The second-order valence-corrected chi connectivity index (χ2v) is 5.65. The van der Waals surface area contributed by atoms with Crippen LogP contribution in [0.15, 0.2) is 18.2 Å². The highest BCUT2D eigenvalue weighted by atomic mass is 35.5. The molecule has 0 bridgehead atoms. The third-order valence-corrected chi connectivity index (χ3v) is 4.03. The van der Waals surface area contributed by atoms with Gasteiger partial charge in [0.15, 0.2) is 0 Å². The van der Waals surface area contributed by atoms with Crippen molar-refractivity contribution in [2.24, 2.45) is 0 Å². The lowest BCUT2D eigenvalue weighted by molar-refractivity contribution is 0.171.